The van der Waals surface area contributed by atoms with Gasteiger partial charge in [-0.05, 0) is 24.4 Å². The number of carbonyl (C=O) groups excluding carboxylic acids is 1. The van der Waals surface area contributed by atoms with Crippen molar-refractivity contribution in [1.82, 2.24) is 5.32 Å². The minimum Gasteiger partial charge on any atom is -0.412 e. The molecule has 4 heteroatoms. The summed E-state index contributed by atoms with van der Waals surface area (Å²) in [5.74, 6) is -0.369. The number of nitrogens with one attached hydrogen (secondary N) is 1. The van der Waals surface area contributed by atoms with Crippen molar-refractivity contribution >= 4 is 17.3 Å². The molecule has 3 nitrogen and oxygen atoms in total. The number of hydrogen-bond donors (Lipinski definition) is 1. The number of allylic oxidation sites excluding steroid dienone is 1. The van der Waals surface area contributed by atoms with Crippen LogP contribution in [0.3, 0.4) is 0 Å². The van der Waals surface area contributed by atoms with Crippen molar-refractivity contribution in [2.75, 3.05) is 6.54 Å². The van der Waals surface area contributed by atoms with Crippen LogP contribution in [0.5, 0.6) is 5.06 Å². The third-order valence-electron chi connectivity index (χ3n) is 1.56. The van der Waals surface area contributed by atoms with Crippen LogP contribution < -0.4 is 10.1 Å². The lowest BCUT2D eigenvalue weighted by molar-refractivity contribution is -0.128. The standard InChI is InChI=1S/C11H13NO2S/c1-3-6-12-9(2)8-10(13)14-11-5-4-7-15-11/h3-5,7-8,12H,1,6H2,2H3/b9-8-. The summed E-state index contributed by atoms with van der Waals surface area (Å²) in [4.78, 5) is 11.3. The normalized spacial score (nSPS) is 10.9. The molecule has 0 saturated heterocycles. The van der Waals surface area contributed by atoms with Gasteiger partial charge in [0.15, 0.2) is 5.06 Å². The van der Waals surface area contributed by atoms with Crippen LogP contribution in [0.4, 0.5) is 0 Å². The van der Waals surface area contributed by atoms with Crippen molar-refractivity contribution in [3.8, 4) is 5.06 Å². The van der Waals surface area contributed by atoms with E-state index in [2.05, 4.69) is 11.9 Å². The maximum absolute atomic E-state index is 11.3. The zero-order valence-corrected chi connectivity index (χ0v) is 9.34. The zero-order chi connectivity index (χ0) is 11.1. The second kappa shape index (κ2) is 6.03. The Bertz CT molecular complexity index is 355. The second-order valence-electron chi connectivity index (χ2n) is 2.85. The van der Waals surface area contributed by atoms with Crippen molar-refractivity contribution in [3.63, 3.8) is 0 Å². The summed E-state index contributed by atoms with van der Waals surface area (Å²) in [5.41, 5.74) is 0.761. The zero-order valence-electron chi connectivity index (χ0n) is 8.53. The minimum absolute atomic E-state index is 0.369. The lowest BCUT2D eigenvalue weighted by Crippen LogP contribution is -2.13. The molecule has 0 aliphatic rings. The molecule has 0 fully saturated rings. The Labute approximate surface area is 93.1 Å². The quantitative estimate of drug-likeness (QED) is 0.473. The predicted molar refractivity (Wildman–Crippen MR) is 61.9 cm³/mol. The predicted octanol–water partition coefficient (Wildman–Crippen LogP) is 2.33. The van der Waals surface area contributed by atoms with E-state index < -0.39 is 0 Å². The maximum atomic E-state index is 11.3. The van der Waals surface area contributed by atoms with Gasteiger partial charge in [-0.15, -0.1) is 17.9 Å². The van der Waals surface area contributed by atoms with Crippen LogP contribution in [0.25, 0.3) is 0 Å². The number of hydrogen-bond acceptors (Lipinski definition) is 4. The van der Waals surface area contributed by atoms with Gasteiger partial charge in [-0.2, -0.15) is 0 Å². The Balaban J connectivity index is 2.44. The highest BCUT2D eigenvalue weighted by molar-refractivity contribution is 7.11. The van der Waals surface area contributed by atoms with Crippen LogP contribution in [0.2, 0.25) is 0 Å². The monoisotopic (exact) mass is 223 g/mol. The topological polar surface area (TPSA) is 38.3 Å². The SMILES string of the molecule is C=CCN/C(C)=C\C(=O)Oc1cccs1. The Morgan fingerprint density at radius 2 is 2.53 bits per heavy atom. The summed E-state index contributed by atoms with van der Waals surface area (Å²) >= 11 is 1.39. The van der Waals surface area contributed by atoms with Gasteiger partial charge in [-0.25, -0.2) is 4.79 Å². The molecule has 80 valence electrons. The largest absolute Gasteiger partial charge is 0.412 e. The fourth-order valence-electron chi connectivity index (χ4n) is 0.911. The Morgan fingerprint density at radius 3 is 3.13 bits per heavy atom. The number of rotatable bonds is 5. The van der Waals surface area contributed by atoms with Crippen LogP contribution in [0, 0.1) is 0 Å². The molecule has 0 aliphatic heterocycles. The van der Waals surface area contributed by atoms with E-state index in [-0.39, 0.29) is 5.97 Å². The molecular formula is C11H13NO2S. The van der Waals surface area contributed by atoms with Gasteiger partial charge >= 0.3 is 5.97 Å². The highest BCUT2D eigenvalue weighted by Gasteiger charge is 2.01. The Morgan fingerprint density at radius 1 is 1.73 bits per heavy atom. The van der Waals surface area contributed by atoms with E-state index in [1.54, 1.807) is 19.1 Å². The molecular weight excluding hydrogens is 210 g/mol. The molecule has 1 N–H and O–H groups in total. The molecule has 0 aromatic carbocycles. The van der Waals surface area contributed by atoms with Crippen LogP contribution in [-0.4, -0.2) is 12.5 Å². The van der Waals surface area contributed by atoms with E-state index in [4.69, 9.17) is 4.74 Å². The lowest BCUT2D eigenvalue weighted by Gasteiger charge is -2.02. The Hall–Kier alpha value is -1.55. The molecule has 0 atom stereocenters. The third kappa shape index (κ3) is 4.46. The summed E-state index contributed by atoms with van der Waals surface area (Å²) in [5, 5.41) is 5.45. The number of esters is 1. The van der Waals surface area contributed by atoms with Crippen molar-refractivity contribution in [2.24, 2.45) is 0 Å². The van der Waals surface area contributed by atoms with E-state index in [1.807, 2.05) is 11.4 Å². The van der Waals surface area contributed by atoms with E-state index in [0.29, 0.717) is 11.6 Å². The summed E-state index contributed by atoms with van der Waals surface area (Å²) in [6, 6.07) is 3.59. The molecule has 0 radical (unpaired) electrons. The molecule has 0 aliphatic carbocycles. The molecule has 0 bridgehead atoms. The smallest absolute Gasteiger partial charge is 0.338 e. The molecule has 1 aromatic rings. The molecule has 15 heavy (non-hydrogen) atoms. The first-order valence-electron chi connectivity index (χ1n) is 4.50. The average molecular weight is 223 g/mol. The molecule has 1 rings (SSSR count). The highest BCUT2D eigenvalue weighted by atomic mass is 32.1. The first kappa shape index (κ1) is 11.5. The van der Waals surface area contributed by atoms with Gasteiger partial charge in [-0.1, -0.05) is 6.08 Å². The maximum Gasteiger partial charge on any atom is 0.338 e. The van der Waals surface area contributed by atoms with Crippen LogP contribution in [0.1, 0.15) is 6.92 Å². The van der Waals surface area contributed by atoms with E-state index in [9.17, 15) is 4.79 Å². The van der Waals surface area contributed by atoms with Gasteiger partial charge in [0.1, 0.15) is 0 Å². The van der Waals surface area contributed by atoms with E-state index in [1.165, 1.54) is 17.4 Å². The van der Waals surface area contributed by atoms with Gasteiger partial charge in [0.25, 0.3) is 0 Å². The van der Waals surface area contributed by atoms with Crippen LogP contribution >= 0.6 is 11.3 Å². The van der Waals surface area contributed by atoms with Gasteiger partial charge < -0.3 is 10.1 Å². The van der Waals surface area contributed by atoms with E-state index >= 15 is 0 Å². The van der Waals surface area contributed by atoms with Crippen molar-refractivity contribution < 1.29 is 9.53 Å². The fourth-order valence-corrected chi connectivity index (χ4v) is 1.49. The molecule has 0 spiro atoms. The highest BCUT2D eigenvalue weighted by Crippen LogP contribution is 2.18. The van der Waals surface area contributed by atoms with Crippen molar-refractivity contribution in [1.29, 1.82) is 0 Å². The van der Waals surface area contributed by atoms with Gasteiger partial charge in [0.05, 0.1) is 0 Å². The first-order chi connectivity index (χ1) is 7.22. The van der Waals surface area contributed by atoms with Gasteiger partial charge in [0, 0.05) is 18.3 Å². The second-order valence-corrected chi connectivity index (χ2v) is 3.76. The fraction of sp³-hybridized carbons (Fsp3) is 0.182. The average Bonchev–Trinajstić information content (AvgIpc) is 2.67. The Kier molecular flexibility index (Phi) is 4.63. The van der Waals surface area contributed by atoms with Crippen LogP contribution in [-0.2, 0) is 4.79 Å². The molecule has 1 aromatic heterocycles. The van der Waals surface area contributed by atoms with Gasteiger partial charge in [0.2, 0.25) is 0 Å². The molecule has 0 saturated carbocycles. The summed E-state index contributed by atoms with van der Waals surface area (Å²) in [7, 11) is 0. The van der Waals surface area contributed by atoms with Crippen LogP contribution in [0.15, 0.2) is 41.9 Å². The summed E-state index contributed by atoms with van der Waals surface area (Å²) in [6.45, 7) is 6.01. The number of ether oxygens (including phenoxy) is 1. The number of carbonyl (C=O) groups is 1. The van der Waals surface area contributed by atoms with Gasteiger partial charge in [-0.3, -0.25) is 0 Å². The van der Waals surface area contributed by atoms with E-state index in [0.717, 1.165) is 5.70 Å². The van der Waals surface area contributed by atoms with Crippen molar-refractivity contribution in [3.05, 3.63) is 41.9 Å². The lowest BCUT2D eigenvalue weighted by atomic mass is 10.4. The summed E-state index contributed by atoms with van der Waals surface area (Å²) < 4.78 is 5.04. The first-order valence-corrected chi connectivity index (χ1v) is 5.38. The summed E-state index contributed by atoms with van der Waals surface area (Å²) in [6.07, 6.45) is 3.14. The number of thiophene rings is 1. The third-order valence-corrected chi connectivity index (χ3v) is 2.30. The van der Waals surface area contributed by atoms with Crippen molar-refractivity contribution in [2.45, 2.75) is 6.92 Å². The molecule has 1 heterocycles. The molecule has 0 unspecified atom stereocenters. The minimum atomic E-state index is -0.369. The molecule has 0 amide bonds.